The van der Waals surface area contributed by atoms with Crippen molar-refractivity contribution in [1.29, 1.82) is 0 Å². The standard InChI is InChI=1S/C24H16BrN3O2S/c25-18-8-5-16(6-9-18)20-13-31-23-22(20)24(30)28(14-26-23)12-21(29)27-19-10-7-15-3-1-2-4-17(15)11-19/h1-11,13-14H,12H2,(H,27,29). The number of benzene rings is 3. The van der Waals surface area contributed by atoms with Gasteiger partial charge in [0.15, 0.2) is 0 Å². The topological polar surface area (TPSA) is 64.0 Å². The lowest BCUT2D eigenvalue weighted by atomic mass is 10.1. The number of carbonyl (C=O) groups excluding carboxylic acids is 1. The number of amides is 1. The highest BCUT2D eigenvalue weighted by molar-refractivity contribution is 9.10. The molecule has 2 aromatic heterocycles. The molecule has 1 amide bonds. The molecule has 0 radical (unpaired) electrons. The minimum absolute atomic E-state index is 0.107. The van der Waals surface area contributed by atoms with Crippen LogP contribution in [0.4, 0.5) is 5.69 Å². The Morgan fingerprint density at radius 1 is 1.03 bits per heavy atom. The van der Waals surface area contributed by atoms with Gasteiger partial charge in [0.1, 0.15) is 11.4 Å². The van der Waals surface area contributed by atoms with Crippen molar-refractivity contribution in [2.24, 2.45) is 0 Å². The van der Waals surface area contributed by atoms with Crippen LogP contribution >= 0.6 is 27.3 Å². The van der Waals surface area contributed by atoms with E-state index in [1.54, 1.807) is 0 Å². The number of carbonyl (C=O) groups is 1. The molecule has 152 valence electrons. The van der Waals surface area contributed by atoms with Crippen LogP contribution in [0.1, 0.15) is 0 Å². The Hall–Kier alpha value is -3.29. The number of halogens is 1. The highest BCUT2D eigenvalue weighted by Gasteiger charge is 2.15. The summed E-state index contributed by atoms with van der Waals surface area (Å²) in [6, 6.07) is 21.5. The maximum absolute atomic E-state index is 13.2. The van der Waals surface area contributed by atoms with Crippen molar-refractivity contribution in [3.8, 4) is 11.1 Å². The Balaban J connectivity index is 1.43. The average Bonchev–Trinajstić information content (AvgIpc) is 3.21. The van der Waals surface area contributed by atoms with E-state index in [0.717, 1.165) is 26.4 Å². The van der Waals surface area contributed by atoms with Crippen molar-refractivity contribution in [2.75, 3.05) is 5.32 Å². The molecule has 0 bridgehead atoms. The SMILES string of the molecule is O=C(Cn1cnc2scc(-c3ccc(Br)cc3)c2c1=O)Nc1ccc2ccccc2c1. The predicted octanol–water partition coefficient (Wildman–Crippen LogP) is 5.68. The van der Waals surface area contributed by atoms with Crippen molar-refractivity contribution < 1.29 is 4.79 Å². The van der Waals surface area contributed by atoms with E-state index in [4.69, 9.17) is 0 Å². The molecule has 5 aromatic rings. The van der Waals surface area contributed by atoms with Crippen LogP contribution in [-0.2, 0) is 11.3 Å². The first kappa shape index (κ1) is 19.7. The maximum Gasteiger partial charge on any atom is 0.263 e. The Kier molecular flexibility index (Phi) is 5.13. The first-order chi connectivity index (χ1) is 15.1. The second kappa shape index (κ2) is 8.09. The number of nitrogens with zero attached hydrogens (tertiary/aromatic N) is 2. The van der Waals surface area contributed by atoms with Gasteiger partial charge in [-0.3, -0.25) is 14.2 Å². The van der Waals surface area contributed by atoms with Gasteiger partial charge in [-0.2, -0.15) is 0 Å². The molecule has 0 atom stereocenters. The molecule has 0 fully saturated rings. The Morgan fingerprint density at radius 2 is 1.81 bits per heavy atom. The van der Waals surface area contributed by atoms with E-state index in [0.29, 0.717) is 15.9 Å². The number of thiophene rings is 1. The van der Waals surface area contributed by atoms with Crippen LogP contribution < -0.4 is 10.9 Å². The highest BCUT2D eigenvalue weighted by Crippen LogP contribution is 2.31. The van der Waals surface area contributed by atoms with Crippen molar-refractivity contribution in [3.63, 3.8) is 0 Å². The van der Waals surface area contributed by atoms with Crippen molar-refractivity contribution in [1.82, 2.24) is 9.55 Å². The van der Waals surface area contributed by atoms with Crippen molar-refractivity contribution in [3.05, 3.63) is 93.3 Å². The van der Waals surface area contributed by atoms with Crippen molar-refractivity contribution >= 4 is 59.9 Å². The summed E-state index contributed by atoms with van der Waals surface area (Å²) in [5, 5.41) is 7.48. The van der Waals surface area contributed by atoms with Crippen LogP contribution in [-0.4, -0.2) is 15.5 Å². The zero-order chi connectivity index (χ0) is 21.4. The molecule has 1 N–H and O–H groups in total. The van der Waals surface area contributed by atoms with Gasteiger partial charge < -0.3 is 5.32 Å². The summed E-state index contributed by atoms with van der Waals surface area (Å²) in [5.74, 6) is -0.279. The largest absolute Gasteiger partial charge is 0.325 e. The zero-order valence-corrected chi connectivity index (χ0v) is 18.6. The van der Waals surface area contributed by atoms with Crippen LogP contribution in [0.2, 0.25) is 0 Å². The maximum atomic E-state index is 13.2. The van der Waals surface area contributed by atoms with Gasteiger partial charge in [-0.15, -0.1) is 11.3 Å². The molecule has 3 aromatic carbocycles. The Bertz CT molecular complexity index is 1490. The van der Waals surface area contributed by atoms with Crippen LogP contribution in [0.15, 0.2) is 87.7 Å². The first-order valence-corrected chi connectivity index (χ1v) is 11.3. The number of aromatic nitrogens is 2. The average molecular weight is 490 g/mol. The van der Waals surface area contributed by atoms with Gasteiger partial charge >= 0.3 is 0 Å². The monoisotopic (exact) mass is 489 g/mol. The molecular weight excluding hydrogens is 474 g/mol. The zero-order valence-electron chi connectivity index (χ0n) is 16.2. The Morgan fingerprint density at radius 3 is 2.61 bits per heavy atom. The predicted molar refractivity (Wildman–Crippen MR) is 130 cm³/mol. The van der Waals surface area contributed by atoms with Crippen LogP contribution in [0.3, 0.4) is 0 Å². The van der Waals surface area contributed by atoms with Crippen LogP contribution in [0.5, 0.6) is 0 Å². The molecule has 0 aliphatic heterocycles. The van der Waals surface area contributed by atoms with Crippen molar-refractivity contribution in [2.45, 2.75) is 6.54 Å². The van der Waals surface area contributed by atoms with Gasteiger partial charge in [0, 0.05) is 21.1 Å². The second-order valence-corrected chi connectivity index (χ2v) is 8.90. The van der Waals surface area contributed by atoms with Gasteiger partial charge in [-0.1, -0.05) is 58.4 Å². The first-order valence-electron chi connectivity index (χ1n) is 9.60. The lowest BCUT2D eigenvalue weighted by molar-refractivity contribution is -0.116. The summed E-state index contributed by atoms with van der Waals surface area (Å²) in [5.41, 5.74) is 2.23. The molecule has 7 heteroatoms. The minimum atomic E-state index is -0.279. The van der Waals surface area contributed by atoms with Gasteiger partial charge in [0.25, 0.3) is 5.56 Å². The summed E-state index contributed by atoms with van der Waals surface area (Å²) >= 11 is 4.85. The molecule has 0 spiro atoms. The quantitative estimate of drug-likeness (QED) is 0.353. The summed E-state index contributed by atoms with van der Waals surface area (Å²) < 4.78 is 2.32. The summed E-state index contributed by atoms with van der Waals surface area (Å²) in [4.78, 5) is 30.8. The van der Waals surface area contributed by atoms with E-state index in [1.807, 2.05) is 72.1 Å². The lowest BCUT2D eigenvalue weighted by Crippen LogP contribution is -2.27. The molecule has 5 rings (SSSR count). The fourth-order valence-corrected chi connectivity index (χ4v) is 4.72. The van der Waals surface area contributed by atoms with Crippen LogP contribution in [0.25, 0.3) is 32.1 Å². The fourth-order valence-electron chi connectivity index (χ4n) is 3.54. The Labute approximate surface area is 190 Å². The molecular formula is C24H16BrN3O2S. The van der Waals surface area contributed by atoms with E-state index >= 15 is 0 Å². The third-order valence-corrected chi connectivity index (χ3v) is 6.48. The number of anilines is 1. The lowest BCUT2D eigenvalue weighted by Gasteiger charge is -2.09. The van der Waals surface area contributed by atoms with Gasteiger partial charge in [0.2, 0.25) is 5.91 Å². The van der Waals surface area contributed by atoms with Gasteiger partial charge in [0.05, 0.1) is 11.7 Å². The van der Waals surface area contributed by atoms with E-state index in [1.165, 1.54) is 22.2 Å². The van der Waals surface area contributed by atoms with Gasteiger partial charge in [-0.05, 0) is 40.6 Å². The van der Waals surface area contributed by atoms with E-state index in [9.17, 15) is 9.59 Å². The number of hydrogen-bond donors (Lipinski definition) is 1. The molecule has 31 heavy (non-hydrogen) atoms. The van der Waals surface area contributed by atoms with E-state index in [-0.39, 0.29) is 18.0 Å². The smallest absolute Gasteiger partial charge is 0.263 e. The number of nitrogens with one attached hydrogen (secondary N) is 1. The number of rotatable bonds is 4. The molecule has 0 unspecified atom stereocenters. The molecule has 0 saturated heterocycles. The highest BCUT2D eigenvalue weighted by atomic mass is 79.9. The number of hydrogen-bond acceptors (Lipinski definition) is 4. The summed E-state index contributed by atoms with van der Waals surface area (Å²) in [6.07, 6.45) is 1.44. The van der Waals surface area contributed by atoms with Crippen LogP contribution in [0, 0.1) is 0 Å². The molecule has 0 saturated carbocycles. The van der Waals surface area contributed by atoms with Gasteiger partial charge in [-0.25, -0.2) is 4.98 Å². The third-order valence-electron chi connectivity index (χ3n) is 5.06. The number of fused-ring (bicyclic) bond motifs is 2. The molecule has 0 aliphatic carbocycles. The second-order valence-electron chi connectivity index (χ2n) is 7.12. The normalized spacial score (nSPS) is 11.1. The van der Waals surface area contributed by atoms with E-state index < -0.39 is 0 Å². The minimum Gasteiger partial charge on any atom is -0.325 e. The molecule has 2 heterocycles. The molecule has 5 nitrogen and oxygen atoms in total. The summed E-state index contributed by atoms with van der Waals surface area (Å²) in [6.45, 7) is -0.107. The van der Waals surface area contributed by atoms with E-state index in [2.05, 4.69) is 26.2 Å². The summed E-state index contributed by atoms with van der Waals surface area (Å²) in [7, 11) is 0. The molecule has 0 aliphatic rings. The fraction of sp³-hybridized carbons (Fsp3) is 0.0417. The third kappa shape index (κ3) is 3.89.